The molecule has 0 saturated carbocycles. The maximum absolute atomic E-state index is 10.6. The molecule has 1 aromatic carbocycles. The molecule has 0 N–H and O–H groups in total. The minimum absolute atomic E-state index is 0. The molecule has 0 aliphatic carbocycles. The Balaban J connectivity index is 0. The topological polar surface area (TPSA) is 155 Å². The standard InChI is InChI=1S/C7H6O8S2.2Na/c8-7(9)4-1-5(16(10,11)12)3-6(2-4)17(13,14)15;;/h1-3H,(H,8,9)(H,10,11,12)(H,13,14,15);;/q;2*+1/p-3. The number of benzene rings is 1. The number of hydrogen-bond acceptors (Lipinski definition) is 8. The molecule has 0 heterocycles. The zero-order chi connectivity index (χ0) is 13.4. The summed E-state index contributed by atoms with van der Waals surface area (Å²) in [6, 6.07) is 1.11. The quantitative estimate of drug-likeness (QED) is 0.392. The fourth-order valence-corrected chi connectivity index (χ4v) is 2.14. The second-order valence-electron chi connectivity index (χ2n) is 2.89. The molecular formula is C7H3Na2O8S2-. The van der Waals surface area contributed by atoms with Crippen molar-refractivity contribution in [3.05, 3.63) is 23.8 Å². The van der Waals surface area contributed by atoms with Gasteiger partial charge in [-0.3, -0.25) is 0 Å². The molecule has 94 valence electrons. The van der Waals surface area contributed by atoms with Crippen LogP contribution in [0.15, 0.2) is 28.0 Å². The number of carbonyl (C=O) groups is 1. The van der Waals surface area contributed by atoms with Gasteiger partial charge in [0, 0.05) is 0 Å². The first kappa shape index (κ1) is 21.8. The molecule has 0 aliphatic rings. The summed E-state index contributed by atoms with van der Waals surface area (Å²) >= 11 is 0. The summed E-state index contributed by atoms with van der Waals surface area (Å²) in [7, 11) is -10.2. The number of aromatic carboxylic acids is 1. The summed E-state index contributed by atoms with van der Waals surface area (Å²) in [5, 5.41) is 10.5. The first-order valence-electron chi connectivity index (χ1n) is 3.80. The van der Waals surface area contributed by atoms with E-state index in [1.165, 1.54) is 0 Å². The minimum Gasteiger partial charge on any atom is -0.744 e. The normalized spacial score (nSPS) is 11.1. The van der Waals surface area contributed by atoms with E-state index in [-0.39, 0.29) is 65.2 Å². The maximum atomic E-state index is 10.6. The van der Waals surface area contributed by atoms with Crippen LogP contribution in [0.4, 0.5) is 0 Å². The number of carboxylic acid groups (broad SMARTS) is 1. The van der Waals surface area contributed by atoms with Crippen LogP contribution in [0.3, 0.4) is 0 Å². The van der Waals surface area contributed by atoms with Crippen LogP contribution < -0.4 is 64.2 Å². The average Bonchev–Trinajstić information content (AvgIpc) is 2.14. The second kappa shape index (κ2) is 7.50. The number of hydrogen-bond donors (Lipinski definition) is 0. The van der Waals surface area contributed by atoms with E-state index in [0.29, 0.717) is 12.1 Å². The predicted octanol–water partition coefficient (Wildman–Crippen LogP) is -8.13. The Kier molecular flexibility index (Phi) is 8.60. The van der Waals surface area contributed by atoms with Gasteiger partial charge in [-0.15, -0.1) is 0 Å². The Morgan fingerprint density at radius 3 is 1.37 bits per heavy atom. The summed E-state index contributed by atoms with van der Waals surface area (Å²) in [5.41, 5.74) is -0.892. The van der Waals surface area contributed by atoms with E-state index >= 15 is 0 Å². The van der Waals surface area contributed by atoms with E-state index in [4.69, 9.17) is 0 Å². The molecule has 0 atom stereocenters. The van der Waals surface area contributed by atoms with Crippen LogP contribution in [0.2, 0.25) is 0 Å². The van der Waals surface area contributed by atoms with Crippen molar-refractivity contribution in [2.45, 2.75) is 9.79 Å². The average molecular weight is 325 g/mol. The van der Waals surface area contributed by atoms with Crippen LogP contribution in [0.5, 0.6) is 0 Å². The van der Waals surface area contributed by atoms with Crippen molar-refractivity contribution in [3.8, 4) is 0 Å². The molecule has 0 unspecified atom stereocenters. The van der Waals surface area contributed by atoms with Gasteiger partial charge in [0.15, 0.2) is 0 Å². The molecule has 0 fully saturated rings. The monoisotopic (exact) mass is 325 g/mol. The SMILES string of the molecule is O=C([O-])c1cc(S(=O)(=O)[O-])cc(S(=O)(=O)[O-])c1.[Na+].[Na+]. The van der Waals surface area contributed by atoms with Crippen LogP contribution >= 0.6 is 0 Å². The summed E-state index contributed by atoms with van der Waals surface area (Å²) < 4.78 is 63.7. The molecule has 8 nitrogen and oxygen atoms in total. The summed E-state index contributed by atoms with van der Waals surface area (Å²) in [6.45, 7) is 0. The Bertz CT molecular complexity index is 629. The Morgan fingerprint density at radius 2 is 1.16 bits per heavy atom. The second-order valence-corrected chi connectivity index (χ2v) is 5.65. The van der Waals surface area contributed by atoms with Crippen LogP contribution in [0.25, 0.3) is 0 Å². The van der Waals surface area contributed by atoms with Crippen LogP contribution in [-0.2, 0) is 20.2 Å². The van der Waals surface area contributed by atoms with Gasteiger partial charge >= 0.3 is 59.1 Å². The van der Waals surface area contributed by atoms with E-state index in [1.54, 1.807) is 0 Å². The molecule has 12 heteroatoms. The fraction of sp³-hybridized carbons (Fsp3) is 0. The van der Waals surface area contributed by atoms with Crippen LogP contribution in [0, 0.1) is 0 Å². The largest absolute Gasteiger partial charge is 1.00 e. The molecule has 0 amide bonds. The van der Waals surface area contributed by atoms with Crippen molar-refractivity contribution < 1.29 is 95.0 Å². The van der Waals surface area contributed by atoms with Gasteiger partial charge in [-0.1, -0.05) is 0 Å². The third-order valence-corrected chi connectivity index (χ3v) is 3.32. The fourth-order valence-electron chi connectivity index (χ4n) is 0.978. The molecule has 1 aromatic rings. The molecule has 19 heavy (non-hydrogen) atoms. The van der Waals surface area contributed by atoms with E-state index in [1.807, 2.05) is 0 Å². The third kappa shape index (κ3) is 6.21. The smallest absolute Gasteiger partial charge is 0.744 e. The Hall–Kier alpha value is 0.510. The van der Waals surface area contributed by atoms with Gasteiger partial charge in [0.2, 0.25) is 0 Å². The summed E-state index contributed by atoms with van der Waals surface area (Å²) in [6.07, 6.45) is 0. The molecule has 0 spiro atoms. The van der Waals surface area contributed by atoms with Gasteiger partial charge in [0.05, 0.1) is 15.8 Å². The summed E-state index contributed by atoms with van der Waals surface area (Å²) in [5.74, 6) is -1.92. The molecular weight excluding hydrogens is 322 g/mol. The van der Waals surface area contributed by atoms with Gasteiger partial charge in [0.25, 0.3) is 0 Å². The molecule has 0 bridgehead atoms. The van der Waals surface area contributed by atoms with E-state index < -0.39 is 41.6 Å². The van der Waals surface area contributed by atoms with Crippen molar-refractivity contribution in [2.24, 2.45) is 0 Å². The zero-order valence-corrected chi connectivity index (χ0v) is 15.4. The molecule has 0 aromatic heterocycles. The molecule has 0 radical (unpaired) electrons. The Morgan fingerprint density at radius 1 is 0.842 bits per heavy atom. The number of carbonyl (C=O) groups excluding carboxylic acids is 1. The molecule has 0 saturated heterocycles. The maximum Gasteiger partial charge on any atom is 1.00 e. The predicted molar refractivity (Wildman–Crippen MR) is 46.7 cm³/mol. The van der Waals surface area contributed by atoms with Crippen molar-refractivity contribution in [2.75, 3.05) is 0 Å². The minimum atomic E-state index is -5.09. The molecule has 1 rings (SSSR count). The van der Waals surface area contributed by atoms with Gasteiger partial charge in [-0.05, 0) is 23.8 Å². The van der Waals surface area contributed by atoms with Crippen LogP contribution in [0.1, 0.15) is 10.4 Å². The number of rotatable bonds is 3. The van der Waals surface area contributed by atoms with E-state index in [2.05, 4.69) is 0 Å². The first-order chi connectivity index (χ1) is 7.51. The van der Waals surface area contributed by atoms with Crippen molar-refractivity contribution in [1.29, 1.82) is 0 Å². The zero-order valence-electron chi connectivity index (χ0n) is 9.81. The van der Waals surface area contributed by atoms with Gasteiger partial charge < -0.3 is 19.0 Å². The van der Waals surface area contributed by atoms with Crippen LogP contribution in [-0.4, -0.2) is 31.9 Å². The Labute approximate surface area is 153 Å². The first-order valence-corrected chi connectivity index (χ1v) is 6.62. The van der Waals surface area contributed by atoms with E-state index in [0.717, 1.165) is 0 Å². The summed E-state index contributed by atoms with van der Waals surface area (Å²) in [4.78, 5) is 8.19. The van der Waals surface area contributed by atoms with E-state index in [9.17, 15) is 35.8 Å². The van der Waals surface area contributed by atoms with Gasteiger partial charge in [-0.25, -0.2) is 16.8 Å². The van der Waals surface area contributed by atoms with Gasteiger partial charge in [0.1, 0.15) is 20.2 Å². The third-order valence-electron chi connectivity index (χ3n) is 1.69. The number of carboxylic acids is 1. The van der Waals surface area contributed by atoms with Gasteiger partial charge in [-0.2, -0.15) is 0 Å². The van der Waals surface area contributed by atoms with Crippen molar-refractivity contribution >= 4 is 26.2 Å². The molecule has 0 aliphatic heterocycles. The van der Waals surface area contributed by atoms with Crippen molar-refractivity contribution in [1.82, 2.24) is 0 Å². The van der Waals surface area contributed by atoms with Crippen molar-refractivity contribution in [3.63, 3.8) is 0 Å².